The number of carbonyl (C=O) groups is 1. The van der Waals surface area contributed by atoms with Crippen LogP contribution in [0.1, 0.15) is 34.8 Å². The highest BCUT2D eigenvalue weighted by atomic mass is 35.5. The van der Waals surface area contributed by atoms with Crippen molar-refractivity contribution in [2.45, 2.75) is 31.3 Å². The molecule has 6 rings (SSSR count). The summed E-state index contributed by atoms with van der Waals surface area (Å²) < 4.78 is 0.762. The number of nitrogens with zero attached hydrogens (tertiary/aromatic N) is 4. The van der Waals surface area contributed by atoms with Gasteiger partial charge in [0.15, 0.2) is 5.82 Å². The smallest absolute Gasteiger partial charge is 0.246 e. The van der Waals surface area contributed by atoms with E-state index >= 15 is 0 Å². The van der Waals surface area contributed by atoms with E-state index in [0.717, 1.165) is 39.2 Å². The molecule has 0 radical (unpaired) electrons. The second-order valence-electron chi connectivity index (χ2n) is 9.43. The van der Waals surface area contributed by atoms with Crippen LogP contribution in [0.15, 0.2) is 55.3 Å². The number of carbonyl (C=O) groups excluding carboxylic acids is 1. The summed E-state index contributed by atoms with van der Waals surface area (Å²) in [4.78, 5) is 25.4. The van der Waals surface area contributed by atoms with Crippen LogP contribution in [0.5, 0.6) is 0 Å². The number of aromatic nitrogens is 1. The summed E-state index contributed by atoms with van der Waals surface area (Å²) in [5.41, 5.74) is 5.86. The van der Waals surface area contributed by atoms with Crippen LogP contribution >= 0.6 is 22.9 Å². The number of hydrogen-bond donors (Lipinski definition) is 0. The van der Waals surface area contributed by atoms with Gasteiger partial charge in [-0.2, -0.15) is 0 Å². The largest absolute Gasteiger partial charge is 0.370 e. The average molecular weight is 491 g/mol. The summed E-state index contributed by atoms with van der Waals surface area (Å²) in [6, 6.07) is 13.4. The van der Waals surface area contributed by atoms with E-state index < -0.39 is 0 Å². The zero-order chi connectivity index (χ0) is 23.4. The number of anilines is 2. The van der Waals surface area contributed by atoms with Gasteiger partial charge in [0, 0.05) is 55.3 Å². The van der Waals surface area contributed by atoms with Crippen molar-refractivity contribution in [1.29, 1.82) is 0 Å². The molecule has 7 heteroatoms. The number of hydrogen-bond acceptors (Lipinski definition) is 5. The minimum atomic E-state index is -0.0464. The molecule has 0 N–H and O–H groups in total. The summed E-state index contributed by atoms with van der Waals surface area (Å²) in [5.74, 6) is 1.10. The lowest BCUT2D eigenvalue weighted by Gasteiger charge is -2.38. The average Bonchev–Trinajstić information content (AvgIpc) is 3.48. The van der Waals surface area contributed by atoms with Crippen molar-refractivity contribution >= 4 is 40.4 Å². The molecule has 1 aromatic carbocycles. The van der Waals surface area contributed by atoms with E-state index in [9.17, 15) is 4.79 Å². The van der Waals surface area contributed by atoms with Crippen LogP contribution in [0, 0.1) is 0 Å². The van der Waals surface area contributed by atoms with Gasteiger partial charge < -0.3 is 14.7 Å². The van der Waals surface area contributed by atoms with Crippen LogP contribution in [-0.2, 0) is 11.3 Å². The summed E-state index contributed by atoms with van der Waals surface area (Å²) in [7, 11) is 2.17. The van der Waals surface area contributed by atoms with Gasteiger partial charge in [-0.1, -0.05) is 42.4 Å². The number of thiophene rings is 1. The normalized spacial score (nSPS) is 21.2. The Hall–Kier alpha value is -2.83. The maximum atomic E-state index is 12.6. The Morgan fingerprint density at radius 3 is 2.94 bits per heavy atom. The Balaban J connectivity index is 1.44. The van der Waals surface area contributed by atoms with Crippen molar-refractivity contribution in [3.05, 3.63) is 75.6 Å². The first kappa shape index (κ1) is 21.7. The number of amides is 1. The predicted octanol–water partition coefficient (Wildman–Crippen LogP) is 5.54. The minimum Gasteiger partial charge on any atom is -0.370 e. The van der Waals surface area contributed by atoms with E-state index in [1.54, 1.807) is 11.3 Å². The van der Waals surface area contributed by atoms with Gasteiger partial charge in [-0.15, -0.1) is 11.3 Å². The molecule has 3 aliphatic heterocycles. The first-order valence-corrected chi connectivity index (χ1v) is 13.0. The Morgan fingerprint density at radius 2 is 2.09 bits per heavy atom. The maximum Gasteiger partial charge on any atom is 0.246 e. The molecule has 1 saturated heterocycles. The minimum absolute atomic E-state index is 0.0457. The molecule has 1 amide bonds. The number of likely N-dealkylation sites (N-methyl/N-ethyl adjacent to an activating group) is 1. The molecule has 0 bridgehead atoms. The van der Waals surface area contributed by atoms with E-state index in [2.05, 4.69) is 59.8 Å². The molecular formula is C27H27ClN4OS. The summed E-state index contributed by atoms with van der Waals surface area (Å²) >= 11 is 8.00. The second-order valence-corrected chi connectivity index (χ2v) is 11.2. The molecule has 0 aliphatic carbocycles. The first-order chi connectivity index (χ1) is 16.5. The lowest BCUT2D eigenvalue weighted by molar-refractivity contribution is -0.127. The standard InChI is InChI=1S/C27H27ClN4OS/c1-3-26(33)31-15-22(21-12-25(28)34-24(21)16-31)20-9-5-4-8-19(20)17-11-23-27(29-13-17)32-10-6-7-18(32)14-30(23)2/h3-5,8-9,11-13,18,22H,1,6-7,10,14-16H2,2H3/t18-,22-/m0/s1. The van der Waals surface area contributed by atoms with Crippen molar-refractivity contribution in [3.8, 4) is 11.1 Å². The molecule has 5 heterocycles. The third kappa shape index (κ3) is 3.51. The van der Waals surface area contributed by atoms with Gasteiger partial charge in [0.25, 0.3) is 0 Å². The Labute approximate surface area is 209 Å². The molecule has 1 fully saturated rings. The second kappa shape index (κ2) is 8.43. The van der Waals surface area contributed by atoms with Crippen LogP contribution in [0.4, 0.5) is 11.5 Å². The molecule has 174 valence electrons. The molecule has 0 unspecified atom stereocenters. The van der Waals surface area contributed by atoms with Crippen molar-refractivity contribution in [2.24, 2.45) is 0 Å². The van der Waals surface area contributed by atoms with Gasteiger partial charge in [-0.05, 0) is 47.7 Å². The fraction of sp³-hybridized carbons (Fsp3) is 0.333. The highest BCUT2D eigenvalue weighted by Crippen LogP contribution is 2.44. The Bertz CT molecular complexity index is 1290. The van der Waals surface area contributed by atoms with Crippen LogP contribution in [0.2, 0.25) is 4.34 Å². The van der Waals surface area contributed by atoms with E-state index in [1.165, 1.54) is 35.7 Å². The highest BCUT2D eigenvalue weighted by molar-refractivity contribution is 7.16. The van der Waals surface area contributed by atoms with Crippen LogP contribution in [0.3, 0.4) is 0 Å². The lowest BCUT2D eigenvalue weighted by Crippen LogP contribution is -2.44. The zero-order valence-electron chi connectivity index (χ0n) is 19.2. The van der Waals surface area contributed by atoms with E-state index in [1.807, 2.05) is 11.1 Å². The summed E-state index contributed by atoms with van der Waals surface area (Å²) in [6.07, 6.45) is 5.89. The summed E-state index contributed by atoms with van der Waals surface area (Å²) in [5, 5.41) is 0. The zero-order valence-corrected chi connectivity index (χ0v) is 20.8. The molecular weight excluding hydrogens is 464 g/mol. The molecule has 3 aromatic rings. The van der Waals surface area contributed by atoms with Crippen LogP contribution < -0.4 is 9.80 Å². The Morgan fingerprint density at radius 1 is 1.24 bits per heavy atom. The molecule has 34 heavy (non-hydrogen) atoms. The summed E-state index contributed by atoms with van der Waals surface area (Å²) in [6.45, 7) is 7.02. The first-order valence-electron chi connectivity index (χ1n) is 11.8. The lowest BCUT2D eigenvalue weighted by atomic mass is 9.84. The van der Waals surface area contributed by atoms with Gasteiger partial charge >= 0.3 is 0 Å². The number of rotatable bonds is 3. The third-order valence-electron chi connectivity index (χ3n) is 7.45. The fourth-order valence-electron chi connectivity index (χ4n) is 5.82. The van der Waals surface area contributed by atoms with Gasteiger partial charge in [0.1, 0.15) is 0 Å². The van der Waals surface area contributed by atoms with E-state index in [0.29, 0.717) is 19.1 Å². The quantitative estimate of drug-likeness (QED) is 0.452. The predicted molar refractivity (Wildman–Crippen MR) is 140 cm³/mol. The van der Waals surface area contributed by atoms with E-state index in [4.69, 9.17) is 16.6 Å². The number of pyridine rings is 1. The monoisotopic (exact) mass is 490 g/mol. The van der Waals surface area contributed by atoms with Crippen molar-refractivity contribution in [1.82, 2.24) is 9.88 Å². The van der Waals surface area contributed by atoms with Gasteiger partial charge in [-0.25, -0.2) is 4.98 Å². The Kier molecular flexibility index (Phi) is 5.38. The topological polar surface area (TPSA) is 39.7 Å². The van der Waals surface area contributed by atoms with Crippen molar-refractivity contribution in [3.63, 3.8) is 0 Å². The van der Waals surface area contributed by atoms with Crippen molar-refractivity contribution in [2.75, 3.05) is 36.5 Å². The maximum absolute atomic E-state index is 12.6. The van der Waals surface area contributed by atoms with Gasteiger partial charge in [-0.3, -0.25) is 4.79 Å². The van der Waals surface area contributed by atoms with E-state index in [-0.39, 0.29) is 11.8 Å². The highest BCUT2D eigenvalue weighted by Gasteiger charge is 2.35. The molecule has 0 saturated carbocycles. The number of halogens is 1. The van der Waals surface area contributed by atoms with Gasteiger partial charge in [0.2, 0.25) is 5.91 Å². The van der Waals surface area contributed by atoms with Gasteiger partial charge in [0.05, 0.1) is 16.6 Å². The van der Waals surface area contributed by atoms with Crippen LogP contribution in [-0.4, -0.2) is 48.5 Å². The van der Waals surface area contributed by atoms with Crippen LogP contribution in [0.25, 0.3) is 11.1 Å². The molecule has 2 aromatic heterocycles. The molecule has 2 atom stereocenters. The number of benzene rings is 1. The number of fused-ring (bicyclic) bond motifs is 4. The third-order valence-corrected chi connectivity index (χ3v) is 8.71. The fourth-order valence-corrected chi connectivity index (χ4v) is 7.18. The van der Waals surface area contributed by atoms with Crippen molar-refractivity contribution < 1.29 is 4.79 Å². The SMILES string of the molecule is C=CC(=O)N1Cc2sc(Cl)cc2[C@H](c2ccccc2-c2cnc3c(c2)N(C)C[C@@H]2CCCN32)C1. The molecule has 0 spiro atoms. The molecule has 3 aliphatic rings. The molecule has 5 nitrogen and oxygen atoms in total.